The van der Waals surface area contributed by atoms with Crippen molar-refractivity contribution in [1.29, 1.82) is 5.26 Å². The van der Waals surface area contributed by atoms with Crippen LogP contribution < -0.4 is 4.90 Å². The Kier molecular flexibility index (Phi) is 4.49. The maximum Gasteiger partial charge on any atom is 0.177 e. The molecule has 0 aliphatic carbocycles. The molecule has 0 saturated heterocycles. The van der Waals surface area contributed by atoms with E-state index in [1.54, 1.807) is 24.1 Å². The molecule has 0 unspecified atom stereocenters. The summed E-state index contributed by atoms with van der Waals surface area (Å²) in [7, 11) is 3.27. The quantitative estimate of drug-likeness (QED) is 0.745. The lowest BCUT2D eigenvalue weighted by Gasteiger charge is -2.19. The number of nitrogens with zero attached hydrogens (tertiary/aromatic N) is 2. The molecule has 0 spiro atoms. The zero-order valence-corrected chi connectivity index (χ0v) is 9.43. The number of para-hydroxylation sites is 1. The fourth-order valence-electron chi connectivity index (χ4n) is 1.46. The van der Waals surface area contributed by atoms with Crippen LogP contribution in [0.3, 0.4) is 0 Å². The highest BCUT2D eigenvalue weighted by Crippen LogP contribution is 2.17. The topological polar surface area (TPSA) is 53.3 Å². The Labute approximate surface area is 95.0 Å². The molecule has 0 aromatic heterocycles. The molecular weight excluding hydrogens is 204 g/mol. The van der Waals surface area contributed by atoms with E-state index >= 15 is 0 Å². The lowest BCUT2D eigenvalue weighted by Crippen LogP contribution is -2.28. The van der Waals surface area contributed by atoms with Crippen LogP contribution in [0.2, 0.25) is 0 Å². The van der Waals surface area contributed by atoms with Crippen LogP contribution in [-0.4, -0.2) is 33.1 Å². The molecule has 84 valence electrons. The minimum absolute atomic E-state index is 0.0160. The number of ether oxygens (including phenoxy) is 1. The van der Waals surface area contributed by atoms with Crippen molar-refractivity contribution < 1.29 is 9.53 Å². The average molecular weight is 218 g/mol. The molecule has 1 aromatic carbocycles. The summed E-state index contributed by atoms with van der Waals surface area (Å²) in [6.45, 7) is 0.339. The molecule has 1 rings (SSSR count). The first-order chi connectivity index (χ1) is 7.69. The molecule has 0 saturated carbocycles. The normalized spacial score (nSPS) is 9.56. The summed E-state index contributed by atoms with van der Waals surface area (Å²) < 4.78 is 4.76. The highest BCUT2D eigenvalue weighted by atomic mass is 16.5. The number of methoxy groups -OCH3 is 1. The smallest absolute Gasteiger partial charge is 0.177 e. The van der Waals surface area contributed by atoms with Crippen LogP contribution in [0.4, 0.5) is 5.69 Å². The minimum Gasteiger partial charge on any atom is -0.377 e. The van der Waals surface area contributed by atoms with E-state index < -0.39 is 0 Å². The maximum atomic E-state index is 11.4. The highest BCUT2D eigenvalue weighted by Gasteiger charge is 2.10. The first kappa shape index (κ1) is 12.2. The second-order valence-corrected chi connectivity index (χ2v) is 3.46. The molecule has 0 bridgehead atoms. The van der Waals surface area contributed by atoms with Crippen molar-refractivity contribution in [3.05, 3.63) is 29.8 Å². The molecule has 1 aromatic rings. The zero-order chi connectivity index (χ0) is 12.0. The van der Waals surface area contributed by atoms with Crippen molar-refractivity contribution in [2.45, 2.75) is 0 Å². The Balaban J connectivity index is 2.77. The number of nitriles is 1. The average Bonchev–Trinajstić information content (AvgIpc) is 2.29. The number of ketones is 1. The molecule has 0 aliphatic rings. The number of benzene rings is 1. The summed E-state index contributed by atoms with van der Waals surface area (Å²) in [4.78, 5) is 13.1. The molecule has 4 heteroatoms. The number of likely N-dealkylation sites (N-methyl/N-ethyl adjacent to an activating group) is 1. The molecule has 0 heterocycles. The number of carbonyl (C=O) groups excluding carboxylic acids is 1. The lowest BCUT2D eigenvalue weighted by atomic mass is 10.2. The van der Waals surface area contributed by atoms with Crippen LogP contribution in [0.15, 0.2) is 24.3 Å². The first-order valence-corrected chi connectivity index (χ1v) is 4.90. The third kappa shape index (κ3) is 3.07. The fraction of sp³-hybridized carbons (Fsp3) is 0.333. The molecule has 0 amide bonds. The summed E-state index contributed by atoms with van der Waals surface area (Å²) >= 11 is 0. The van der Waals surface area contributed by atoms with Crippen LogP contribution in [0.25, 0.3) is 0 Å². The summed E-state index contributed by atoms with van der Waals surface area (Å²) in [6, 6.07) is 9.28. The Morgan fingerprint density at radius 2 is 2.19 bits per heavy atom. The van der Waals surface area contributed by atoms with Crippen LogP contribution in [-0.2, 0) is 9.53 Å². The van der Waals surface area contributed by atoms with E-state index in [1.165, 1.54) is 7.11 Å². The second-order valence-electron chi connectivity index (χ2n) is 3.46. The van der Waals surface area contributed by atoms with Gasteiger partial charge in [-0.05, 0) is 12.1 Å². The molecule has 0 aliphatic heterocycles. The van der Waals surface area contributed by atoms with E-state index in [4.69, 9.17) is 10.00 Å². The van der Waals surface area contributed by atoms with Crippen LogP contribution >= 0.6 is 0 Å². The fourth-order valence-corrected chi connectivity index (χ4v) is 1.46. The Hall–Kier alpha value is -1.86. The Bertz CT molecular complexity index is 410. The predicted molar refractivity (Wildman–Crippen MR) is 61.3 cm³/mol. The standard InChI is InChI=1S/C12H14N2O2/c1-14(8-11(15)9-16-2)12-6-4-3-5-10(12)7-13/h3-6H,8-9H2,1-2H3. The van der Waals surface area contributed by atoms with E-state index in [1.807, 2.05) is 12.1 Å². The van der Waals surface area contributed by atoms with Gasteiger partial charge < -0.3 is 9.64 Å². The molecule has 4 nitrogen and oxygen atoms in total. The summed E-state index contributed by atoms with van der Waals surface area (Å²) in [5, 5.41) is 8.92. The monoisotopic (exact) mass is 218 g/mol. The second kappa shape index (κ2) is 5.89. The minimum atomic E-state index is -0.0160. The number of carbonyl (C=O) groups is 1. The molecular formula is C12H14N2O2. The van der Waals surface area contributed by atoms with Gasteiger partial charge in [0.1, 0.15) is 12.7 Å². The Morgan fingerprint density at radius 1 is 1.50 bits per heavy atom. The third-order valence-corrected chi connectivity index (χ3v) is 2.15. The van der Waals surface area contributed by atoms with Crippen molar-refractivity contribution >= 4 is 11.5 Å². The van der Waals surface area contributed by atoms with E-state index in [2.05, 4.69) is 6.07 Å². The van der Waals surface area contributed by atoms with Gasteiger partial charge in [-0.25, -0.2) is 0 Å². The number of hydrogen-bond acceptors (Lipinski definition) is 4. The highest BCUT2D eigenvalue weighted by molar-refractivity contribution is 5.84. The summed E-state index contributed by atoms with van der Waals surface area (Å²) in [6.07, 6.45) is 0. The molecule has 0 atom stereocenters. The van der Waals surface area contributed by atoms with Gasteiger partial charge in [-0.3, -0.25) is 4.79 Å². The molecule has 0 radical (unpaired) electrons. The van der Waals surface area contributed by atoms with E-state index in [-0.39, 0.29) is 18.9 Å². The van der Waals surface area contributed by atoms with Crippen molar-refractivity contribution in [3.63, 3.8) is 0 Å². The van der Waals surface area contributed by atoms with Crippen LogP contribution in [0.1, 0.15) is 5.56 Å². The van der Waals surface area contributed by atoms with E-state index in [0.717, 1.165) is 5.69 Å². The number of rotatable bonds is 5. The van der Waals surface area contributed by atoms with Gasteiger partial charge in [0.05, 0.1) is 17.8 Å². The van der Waals surface area contributed by atoms with Gasteiger partial charge in [0.25, 0.3) is 0 Å². The van der Waals surface area contributed by atoms with Crippen molar-refractivity contribution in [3.8, 4) is 6.07 Å². The molecule has 0 fully saturated rings. The van der Waals surface area contributed by atoms with Gasteiger partial charge in [-0.2, -0.15) is 5.26 Å². The third-order valence-electron chi connectivity index (χ3n) is 2.15. The maximum absolute atomic E-state index is 11.4. The number of hydrogen-bond donors (Lipinski definition) is 0. The molecule has 16 heavy (non-hydrogen) atoms. The van der Waals surface area contributed by atoms with Gasteiger partial charge in [-0.1, -0.05) is 12.1 Å². The van der Waals surface area contributed by atoms with Crippen LogP contribution in [0, 0.1) is 11.3 Å². The summed E-state index contributed by atoms with van der Waals surface area (Å²) in [5.74, 6) is -0.0160. The zero-order valence-electron chi connectivity index (χ0n) is 9.43. The first-order valence-electron chi connectivity index (χ1n) is 4.90. The number of Topliss-reactive ketones (excluding diaryl/α,β-unsaturated/α-hetero) is 1. The van der Waals surface area contributed by atoms with Gasteiger partial charge >= 0.3 is 0 Å². The van der Waals surface area contributed by atoms with E-state index in [9.17, 15) is 4.79 Å². The van der Waals surface area contributed by atoms with Gasteiger partial charge in [0.2, 0.25) is 0 Å². The largest absolute Gasteiger partial charge is 0.377 e. The van der Waals surface area contributed by atoms with Crippen molar-refractivity contribution in [1.82, 2.24) is 0 Å². The predicted octanol–water partition coefficient (Wildman–Crippen LogP) is 1.21. The van der Waals surface area contributed by atoms with Crippen molar-refractivity contribution in [2.75, 3.05) is 32.2 Å². The van der Waals surface area contributed by atoms with Gasteiger partial charge in [0, 0.05) is 14.2 Å². The Morgan fingerprint density at radius 3 is 2.81 bits per heavy atom. The lowest BCUT2D eigenvalue weighted by molar-refractivity contribution is -0.121. The number of anilines is 1. The van der Waals surface area contributed by atoms with Gasteiger partial charge in [-0.15, -0.1) is 0 Å². The van der Waals surface area contributed by atoms with E-state index in [0.29, 0.717) is 5.56 Å². The SMILES string of the molecule is COCC(=O)CN(C)c1ccccc1C#N. The van der Waals surface area contributed by atoms with Crippen molar-refractivity contribution in [2.24, 2.45) is 0 Å². The van der Waals surface area contributed by atoms with Gasteiger partial charge in [0.15, 0.2) is 5.78 Å². The molecule has 0 N–H and O–H groups in total. The van der Waals surface area contributed by atoms with Crippen LogP contribution in [0.5, 0.6) is 0 Å². The summed E-state index contributed by atoms with van der Waals surface area (Å²) in [5.41, 5.74) is 1.32.